The number of rotatable bonds is 6. The molecular weight excluding hydrogens is 224 g/mol. The van der Waals surface area contributed by atoms with Gasteiger partial charge in [0.25, 0.3) is 5.69 Å². The van der Waals surface area contributed by atoms with Gasteiger partial charge >= 0.3 is 0 Å². The van der Waals surface area contributed by atoms with Gasteiger partial charge in [-0.1, -0.05) is 19.1 Å². The largest absolute Gasteiger partial charge is 0.382 e. The molecule has 16 heavy (non-hydrogen) atoms. The summed E-state index contributed by atoms with van der Waals surface area (Å²) in [5, 5.41) is 13.7. The molecule has 5 heteroatoms. The van der Waals surface area contributed by atoms with Crippen LogP contribution in [0.1, 0.15) is 18.9 Å². The smallest absolute Gasteiger partial charge is 0.292 e. The number of nitrogens with zero attached hydrogens (tertiary/aromatic N) is 1. The number of benzene rings is 1. The van der Waals surface area contributed by atoms with Crippen LogP contribution in [0.5, 0.6) is 0 Å². The lowest BCUT2D eigenvalue weighted by Gasteiger charge is -2.08. The van der Waals surface area contributed by atoms with Crippen molar-refractivity contribution in [2.75, 3.05) is 18.1 Å². The van der Waals surface area contributed by atoms with Crippen molar-refractivity contribution < 1.29 is 4.92 Å². The average Bonchev–Trinajstić information content (AvgIpc) is 2.29. The molecule has 0 amide bonds. The second-order valence-electron chi connectivity index (χ2n) is 3.37. The summed E-state index contributed by atoms with van der Waals surface area (Å²) in [7, 11) is 1.72. The molecular formula is C11H16N2O2S. The van der Waals surface area contributed by atoms with E-state index < -0.39 is 0 Å². The first-order valence-electron chi connectivity index (χ1n) is 5.22. The molecule has 0 heterocycles. The second-order valence-corrected chi connectivity index (χ2v) is 4.48. The van der Waals surface area contributed by atoms with E-state index in [9.17, 15) is 10.1 Å². The van der Waals surface area contributed by atoms with Crippen molar-refractivity contribution in [2.24, 2.45) is 0 Å². The predicted octanol–water partition coefficient (Wildman–Crippen LogP) is 3.28. The Kier molecular flexibility index (Phi) is 5.11. The van der Waals surface area contributed by atoms with E-state index in [1.807, 2.05) is 6.07 Å². The van der Waals surface area contributed by atoms with Crippen LogP contribution in [0.4, 0.5) is 11.4 Å². The molecule has 0 aliphatic rings. The van der Waals surface area contributed by atoms with Crippen LogP contribution >= 0.6 is 11.8 Å². The molecule has 0 atom stereocenters. The molecule has 88 valence electrons. The minimum absolute atomic E-state index is 0.150. The van der Waals surface area contributed by atoms with E-state index in [1.54, 1.807) is 24.9 Å². The quantitative estimate of drug-likeness (QED) is 0.471. The van der Waals surface area contributed by atoms with Crippen LogP contribution in [0.2, 0.25) is 0 Å². The third-order valence-corrected chi connectivity index (χ3v) is 3.39. The zero-order valence-corrected chi connectivity index (χ0v) is 10.3. The maximum atomic E-state index is 10.8. The second kappa shape index (κ2) is 6.37. The molecule has 0 saturated heterocycles. The molecule has 1 aromatic rings. The summed E-state index contributed by atoms with van der Waals surface area (Å²) in [4.78, 5) is 10.5. The van der Waals surface area contributed by atoms with Gasteiger partial charge in [0.2, 0.25) is 0 Å². The number of thioether (sulfide) groups is 1. The fourth-order valence-electron chi connectivity index (χ4n) is 1.47. The fraction of sp³-hybridized carbons (Fsp3) is 0.455. The Labute approximate surface area is 99.6 Å². The molecule has 4 nitrogen and oxygen atoms in total. The van der Waals surface area contributed by atoms with E-state index in [0.29, 0.717) is 5.69 Å². The molecule has 0 spiro atoms. The Morgan fingerprint density at radius 3 is 2.81 bits per heavy atom. The van der Waals surface area contributed by atoms with Gasteiger partial charge < -0.3 is 5.32 Å². The fourth-order valence-corrected chi connectivity index (χ4v) is 2.37. The first-order valence-corrected chi connectivity index (χ1v) is 6.38. The number of nitro groups is 1. The third-order valence-electron chi connectivity index (χ3n) is 2.18. The van der Waals surface area contributed by atoms with E-state index >= 15 is 0 Å². The van der Waals surface area contributed by atoms with Gasteiger partial charge in [-0.15, -0.1) is 0 Å². The van der Waals surface area contributed by atoms with E-state index in [4.69, 9.17) is 0 Å². The number of para-hydroxylation sites is 1. The van der Waals surface area contributed by atoms with Crippen molar-refractivity contribution in [2.45, 2.75) is 19.1 Å². The minimum atomic E-state index is -0.347. The van der Waals surface area contributed by atoms with Crippen LogP contribution in [0.15, 0.2) is 18.2 Å². The van der Waals surface area contributed by atoms with Crippen molar-refractivity contribution in [1.29, 1.82) is 0 Å². The van der Waals surface area contributed by atoms with E-state index in [-0.39, 0.29) is 10.6 Å². The molecule has 0 bridgehead atoms. The lowest BCUT2D eigenvalue weighted by atomic mass is 10.1. The summed E-state index contributed by atoms with van der Waals surface area (Å²) < 4.78 is 0. The summed E-state index contributed by atoms with van der Waals surface area (Å²) >= 11 is 1.79. The maximum absolute atomic E-state index is 10.8. The summed E-state index contributed by atoms with van der Waals surface area (Å²) in [6.07, 6.45) is 1.12. The lowest BCUT2D eigenvalue weighted by Crippen LogP contribution is -2.00. The monoisotopic (exact) mass is 240 g/mol. The van der Waals surface area contributed by atoms with Gasteiger partial charge in [0, 0.05) is 18.9 Å². The van der Waals surface area contributed by atoms with Crippen LogP contribution in [0.3, 0.4) is 0 Å². The summed E-state index contributed by atoms with van der Waals surface area (Å²) in [6, 6.07) is 5.20. The Balaban J connectivity index is 2.90. The van der Waals surface area contributed by atoms with Gasteiger partial charge in [0.15, 0.2) is 0 Å². The number of nitro benzene ring substituents is 1. The van der Waals surface area contributed by atoms with Gasteiger partial charge in [0.05, 0.1) is 4.92 Å². The Morgan fingerprint density at radius 1 is 1.50 bits per heavy atom. The number of hydrogen-bond donors (Lipinski definition) is 1. The molecule has 0 aliphatic heterocycles. The molecule has 1 rings (SSSR count). The first kappa shape index (κ1) is 12.8. The van der Waals surface area contributed by atoms with Gasteiger partial charge in [0.1, 0.15) is 5.69 Å². The molecule has 0 aromatic heterocycles. The van der Waals surface area contributed by atoms with Crippen molar-refractivity contribution >= 4 is 23.1 Å². The molecule has 1 aromatic carbocycles. The van der Waals surface area contributed by atoms with Crippen LogP contribution in [-0.2, 0) is 5.75 Å². The average molecular weight is 240 g/mol. The Bertz CT molecular complexity index is 369. The number of anilines is 1. The topological polar surface area (TPSA) is 55.2 Å². The highest BCUT2D eigenvalue weighted by atomic mass is 32.2. The van der Waals surface area contributed by atoms with Crippen molar-refractivity contribution in [3.05, 3.63) is 33.9 Å². The van der Waals surface area contributed by atoms with Crippen LogP contribution < -0.4 is 5.32 Å². The van der Waals surface area contributed by atoms with Gasteiger partial charge in [-0.2, -0.15) is 11.8 Å². The first-order chi connectivity index (χ1) is 7.70. The maximum Gasteiger partial charge on any atom is 0.292 e. The van der Waals surface area contributed by atoms with Crippen molar-refractivity contribution in [3.8, 4) is 0 Å². The van der Waals surface area contributed by atoms with E-state index in [2.05, 4.69) is 12.2 Å². The SMILES string of the molecule is CCCSCc1cccc([N+](=O)[O-])c1NC. The molecule has 1 N–H and O–H groups in total. The highest BCUT2D eigenvalue weighted by Crippen LogP contribution is 2.30. The molecule has 0 fully saturated rings. The molecule has 0 aliphatic carbocycles. The standard InChI is InChI=1S/C11H16N2O2S/c1-3-7-16-8-9-5-4-6-10(13(14)15)11(9)12-2/h4-6,12H,3,7-8H2,1-2H3. The minimum Gasteiger partial charge on any atom is -0.382 e. The van der Waals surface area contributed by atoms with E-state index in [0.717, 1.165) is 23.5 Å². The molecule has 0 saturated carbocycles. The lowest BCUT2D eigenvalue weighted by molar-refractivity contribution is -0.384. The zero-order chi connectivity index (χ0) is 12.0. The van der Waals surface area contributed by atoms with Crippen LogP contribution in [-0.4, -0.2) is 17.7 Å². The zero-order valence-electron chi connectivity index (χ0n) is 9.53. The summed E-state index contributed by atoms with van der Waals surface area (Å²) in [5.74, 6) is 1.89. The number of nitrogens with one attached hydrogen (secondary N) is 1. The Morgan fingerprint density at radius 2 is 2.25 bits per heavy atom. The summed E-state index contributed by atoms with van der Waals surface area (Å²) in [6.45, 7) is 2.12. The predicted molar refractivity (Wildman–Crippen MR) is 69.1 cm³/mol. The normalized spacial score (nSPS) is 10.1. The Hall–Kier alpha value is -1.23. The van der Waals surface area contributed by atoms with Gasteiger partial charge in [-0.3, -0.25) is 10.1 Å². The summed E-state index contributed by atoms with van der Waals surface area (Å²) in [5.41, 5.74) is 1.78. The van der Waals surface area contributed by atoms with Crippen LogP contribution in [0, 0.1) is 10.1 Å². The highest BCUT2D eigenvalue weighted by Gasteiger charge is 2.15. The molecule has 0 radical (unpaired) electrons. The third kappa shape index (κ3) is 3.13. The number of hydrogen-bond acceptors (Lipinski definition) is 4. The molecule has 0 unspecified atom stereocenters. The van der Waals surface area contributed by atoms with Crippen LogP contribution in [0.25, 0.3) is 0 Å². The van der Waals surface area contributed by atoms with Crippen molar-refractivity contribution in [3.63, 3.8) is 0 Å². The van der Waals surface area contributed by atoms with Crippen molar-refractivity contribution in [1.82, 2.24) is 0 Å². The highest BCUT2D eigenvalue weighted by molar-refractivity contribution is 7.98. The van der Waals surface area contributed by atoms with Gasteiger partial charge in [-0.05, 0) is 17.7 Å². The van der Waals surface area contributed by atoms with E-state index in [1.165, 1.54) is 6.07 Å². The van der Waals surface area contributed by atoms with Gasteiger partial charge in [-0.25, -0.2) is 0 Å².